The summed E-state index contributed by atoms with van der Waals surface area (Å²) < 4.78 is 18.3. The highest BCUT2D eigenvalue weighted by atomic mass is 32.1. The summed E-state index contributed by atoms with van der Waals surface area (Å²) in [4.78, 5) is 47.8. The first kappa shape index (κ1) is 22.0. The molecule has 0 radical (unpaired) electrons. The van der Waals surface area contributed by atoms with E-state index in [1.807, 2.05) is 11.0 Å². The van der Waals surface area contributed by atoms with Crippen LogP contribution in [0.1, 0.15) is 12.8 Å². The molecule has 1 fully saturated rings. The Kier molecular flexibility index (Phi) is 5.52. The largest absolute Gasteiger partial charge is 0.369 e. The summed E-state index contributed by atoms with van der Waals surface area (Å²) in [5.41, 5.74) is 1.13. The van der Waals surface area contributed by atoms with E-state index in [9.17, 15) is 18.8 Å². The van der Waals surface area contributed by atoms with Crippen molar-refractivity contribution in [3.8, 4) is 11.3 Å². The minimum absolute atomic E-state index is 0.160. The second-order valence-electron chi connectivity index (χ2n) is 8.20. The molecule has 4 aromatic rings. The van der Waals surface area contributed by atoms with Crippen molar-refractivity contribution in [3.63, 3.8) is 0 Å². The number of rotatable bonds is 5. The number of aromatic nitrogens is 5. The molecule has 1 aromatic carbocycles. The van der Waals surface area contributed by atoms with Crippen LogP contribution >= 0.6 is 11.3 Å². The van der Waals surface area contributed by atoms with Crippen molar-refractivity contribution in [2.24, 2.45) is 14.1 Å². The van der Waals surface area contributed by atoms with Gasteiger partial charge >= 0.3 is 5.69 Å². The minimum atomic E-state index is -0.528. The monoisotopic (exact) mass is 483 g/mol. The number of carbonyl (C=O) groups is 1. The summed E-state index contributed by atoms with van der Waals surface area (Å²) in [5.74, 6) is -0.701. The maximum Gasteiger partial charge on any atom is 0.332 e. The number of fused-ring (bicyclic) bond motifs is 1. The molecule has 0 unspecified atom stereocenters. The van der Waals surface area contributed by atoms with Crippen LogP contribution in [-0.2, 0) is 25.4 Å². The van der Waals surface area contributed by atoms with Gasteiger partial charge in [-0.1, -0.05) is 6.07 Å². The van der Waals surface area contributed by atoms with Gasteiger partial charge in [-0.05, 0) is 25.0 Å². The Hall–Kier alpha value is -3.80. The molecule has 5 rings (SSSR count). The molecule has 1 amide bonds. The number of benzene rings is 1. The Morgan fingerprint density at radius 3 is 2.68 bits per heavy atom. The van der Waals surface area contributed by atoms with Crippen molar-refractivity contribution in [3.05, 3.63) is 56.6 Å². The number of thiazole rings is 1. The van der Waals surface area contributed by atoms with Crippen molar-refractivity contribution in [2.75, 3.05) is 23.3 Å². The Bertz CT molecular complexity index is 1530. The number of nitrogens with one attached hydrogen (secondary N) is 1. The van der Waals surface area contributed by atoms with Crippen molar-refractivity contribution >= 4 is 39.2 Å². The van der Waals surface area contributed by atoms with Gasteiger partial charge in [-0.25, -0.2) is 19.2 Å². The molecule has 1 aliphatic rings. The van der Waals surface area contributed by atoms with Gasteiger partial charge in [0, 0.05) is 38.1 Å². The summed E-state index contributed by atoms with van der Waals surface area (Å²) in [6.45, 7) is 1.54. The van der Waals surface area contributed by atoms with E-state index < -0.39 is 17.2 Å². The standard InChI is InChI=1S/C22H22FN7O3S/c1-27-19-18(20(32)28(2)22(27)33)30(12-24-19)10-17(31)26-21-25-15(11-34-21)13-5-6-16(14(23)9-13)29-7-3-4-8-29/h5-6,9,11-12H,3-4,7-8,10H2,1-2H3,(H,25,26,31). The van der Waals surface area contributed by atoms with Gasteiger partial charge in [0.05, 0.1) is 17.7 Å². The average molecular weight is 484 g/mol. The smallest absolute Gasteiger partial charge is 0.332 e. The van der Waals surface area contributed by atoms with E-state index in [1.165, 1.54) is 47.0 Å². The van der Waals surface area contributed by atoms with Crippen LogP contribution in [-0.4, -0.2) is 42.7 Å². The molecule has 12 heteroatoms. The van der Waals surface area contributed by atoms with Crippen molar-refractivity contribution in [1.82, 2.24) is 23.7 Å². The third-order valence-corrected chi connectivity index (χ3v) is 6.73. The lowest BCUT2D eigenvalue weighted by Gasteiger charge is -2.18. The quantitative estimate of drug-likeness (QED) is 0.465. The third-order valence-electron chi connectivity index (χ3n) is 5.97. The highest BCUT2D eigenvalue weighted by molar-refractivity contribution is 7.14. The lowest BCUT2D eigenvalue weighted by Crippen LogP contribution is -2.37. The van der Waals surface area contributed by atoms with Gasteiger partial charge in [0.2, 0.25) is 5.91 Å². The average Bonchev–Trinajstić information content (AvgIpc) is 3.57. The van der Waals surface area contributed by atoms with Crippen molar-refractivity contribution in [2.45, 2.75) is 19.4 Å². The Balaban J connectivity index is 1.33. The summed E-state index contributed by atoms with van der Waals surface area (Å²) in [5, 5.41) is 4.81. The van der Waals surface area contributed by atoms with Gasteiger partial charge in [-0.3, -0.25) is 18.7 Å². The predicted octanol–water partition coefficient (Wildman–Crippen LogP) is 1.94. The molecule has 0 saturated carbocycles. The van der Waals surface area contributed by atoms with Crippen LogP contribution in [0, 0.1) is 5.82 Å². The van der Waals surface area contributed by atoms with Gasteiger partial charge in [-0.2, -0.15) is 0 Å². The number of halogens is 1. The molecule has 10 nitrogen and oxygen atoms in total. The molecule has 4 heterocycles. The number of hydrogen-bond acceptors (Lipinski definition) is 7. The molecule has 1 aliphatic heterocycles. The molecule has 176 valence electrons. The zero-order valence-corrected chi connectivity index (χ0v) is 19.4. The molecule has 34 heavy (non-hydrogen) atoms. The first-order chi connectivity index (χ1) is 16.3. The second-order valence-corrected chi connectivity index (χ2v) is 9.05. The topological polar surface area (TPSA) is 107 Å². The van der Waals surface area contributed by atoms with E-state index in [1.54, 1.807) is 11.4 Å². The Morgan fingerprint density at radius 1 is 1.18 bits per heavy atom. The molecule has 0 bridgehead atoms. The predicted molar refractivity (Wildman–Crippen MR) is 128 cm³/mol. The summed E-state index contributed by atoms with van der Waals surface area (Å²) in [6, 6.07) is 5.06. The lowest BCUT2D eigenvalue weighted by atomic mass is 10.1. The normalized spacial score (nSPS) is 13.7. The number of imidazole rings is 1. The molecule has 1 saturated heterocycles. The first-order valence-corrected chi connectivity index (χ1v) is 11.6. The molecule has 0 aliphatic carbocycles. The SMILES string of the molecule is Cn1c(=O)c2c(ncn2CC(=O)Nc2nc(-c3ccc(N4CCCC4)c(F)c3)cs2)n(C)c1=O. The number of carbonyl (C=O) groups excluding carboxylic acids is 1. The van der Waals surface area contributed by atoms with Gasteiger partial charge in [0.25, 0.3) is 5.56 Å². The van der Waals surface area contributed by atoms with Gasteiger partial charge in [-0.15, -0.1) is 11.3 Å². The van der Waals surface area contributed by atoms with E-state index in [2.05, 4.69) is 15.3 Å². The maximum atomic E-state index is 14.7. The molecule has 3 aromatic heterocycles. The summed E-state index contributed by atoms with van der Waals surface area (Å²) in [7, 11) is 2.89. The van der Waals surface area contributed by atoms with E-state index >= 15 is 0 Å². The zero-order chi connectivity index (χ0) is 24.0. The van der Waals surface area contributed by atoms with Crippen LogP contribution in [0.5, 0.6) is 0 Å². The van der Waals surface area contributed by atoms with Crippen molar-refractivity contribution < 1.29 is 9.18 Å². The van der Waals surface area contributed by atoms with Crippen LogP contribution in [0.25, 0.3) is 22.4 Å². The number of aryl methyl sites for hydroxylation is 1. The fourth-order valence-corrected chi connectivity index (χ4v) is 4.91. The molecule has 0 spiro atoms. The zero-order valence-electron chi connectivity index (χ0n) is 18.6. The van der Waals surface area contributed by atoms with Crippen LogP contribution in [0.15, 0.2) is 39.5 Å². The van der Waals surface area contributed by atoms with Gasteiger partial charge in [0.15, 0.2) is 16.3 Å². The van der Waals surface area contributed by atoms with Crippen LogP contribution < -0.4 is 21.5 Å². The van der Waals surface area contributed by atoms with E-state index in [0.717, 1.165) is 30.5 Å². The van der Waals surface area contributed by atoms with Crippen LogP contribution in [0.4, 0.5) is 15.2 Å². The second kappa shape index (κ2) is 8.52. The highest BCUT2D eigenvalue weighted by Crippen LogP contribution is 2.30. The van der Waals surface area contributed by atoms with Crippen LogP contribution in [0.3, 0.4) is 0 Å². The highest BCUT2D eigenvalue weighted by Gasteiger charge is 2.19. The Labute approximate surface area is 196 Å². The molecule has 0 atom stereocenters. The summed E-state index contributed by atoms with van der Waals surface area (Å²) in [6.07, 6.45) is 3.48. The maximum absolute atomic E-state index is 14.7. The third kappa shape index (κ3) is 3.79. The first-order valence-electron chi connectivity index (χ1n) is 10.7. The number of nitrogens with zero attached hydrogens (tertiary/aromatic N) is 6. The van der Waals surface area contributed by atoms with Gasteiger partial charge < -0.3 is 14.8 Å². The molecule has 1 N–H and O–H groups in total. The minimum Gasteiger partial charge on any atom is -0.369 e. The van der Waals surface area contributed by atoms with E-state index in [4.69, 9.17) is 0 Å². The number of hydrogen-bond donors (Lipinski definition) is 1. The van der Waals surface area contributed by atoms with E-state index in [-0.39, 0.29) is 23.5 Å². The molecular weight excluding hydrogens is 461 g/mol. The fraction of sp³-hybridized carbons (Fsp3) is 0.318. The van der Waals surface area contributed by atoms with Crippen LogP contribution in [0.2, 0.25) is 0 Å². The Morgan fingerprint density at radius 2 is 1.94 bits per heavy atom. The number of anilines is 2. The van der Waals surface area contributed by atoms with Gasteiger partial charge in [0.1, 0.15) is 12.4 Å². The van der Waals surface area contributed by atoms with E-state index in [0.29, 0.717) is 22.1 Å². The summed E-state index contributed by atoms with van der Waals surface area (Å²) >= 11 is 1.22. The molecular formula is C22H22FN7O3S. The number of amides is 1. The van der Waals surface area contributed by atoms with Crippen molar-refractivity contribution in [1.29, 1.82) is 0 Å². The lowest BCUT2D eigenvalue weighted by molar-refractivity contribution is -0.116. The fourth-order valence-electron chi connectivity index (χ4n) is 4.17.